The van der Waals surface area contributed by atoms with Gasteiger partial charge in [0.15, 0.2) is 0 Å². The Balaban J connectivity index is 2.10. The van der Waals surface area contributed by atoms with Crippen molar-refractivity contribution < 1.29 is 4.74 Å². The highest BCUT2D eigenvalue weighted by Gasteiger charge is 2.05. The minimum atomic E-state index is 0.423. The third kappa shape index (κ3) is 3.96. The van der Waals surface area contributed by atoms with Crippen LogP contribution in [-0.4, -0.2) is 0 Å². The predicted molar refractivity (Wildman–Crippen MR) is 85.5 cm³/mol. The van der Waals surface area contributed by atoms with Crippen LogP contribution in [-0.2, 0) is 13.2 Å². The molecule has 0 unspecified atom stereocenters. The number of halogens is 3. The summed E-state index contributed by atoms with van der Waals surface area (Å²) in [6.07, 6.45) is 0. The Morgan fingerprint density at radius 3 is 2.53 bits per heavy atom. The van der Waals surface area contributed by atoms with Crippen LogP contribution in [0.1, 0.15) is 11.1 Å². The van der Waals surface area contributed by atoms with Crippen molar-refractivity contribution in [1.82, 2.24) is 0 Å². The van der Waals surface area contributed by atoms with Gasteiger partial charge in [-0.25, -0.2) is 0 Å². The molecule has 0 bridgehead atoms. The van der Waals surface area contributed by atoms with E-state index in [1.165, 1.54) is 0 Å². The Morgan fingerprint density at radius 1 is 1.11 bits per heavy atom. The number of rotatable bonds is 4. The topological polar surface area (TPSA) is 35.2 Å². The first-order valence-electron chi connectivity index (χ1n) is 5.65. The minimum absolute atomic E-state index is 0.423. The van der Waals surface area contributed by atoms with Crippen LogP contribution in [0.25, 0.3) is 0 Å². The predicted octanol–water partition coefficient (Wildman–Crippen LogP) is 4.90. The normalized spacial score (nSPS) is 10.5. The van der Waals surface area contributed by atoms with Gasteiger partial charge in [-0.15, -0.1) is 0 Å². The zero-order valence-electron chi connectivity index (χ0n) is 10.00. The summed E-state index contributed by atoms with van der Waals surface area (Å²) in [5, 5.41) is 0.684. The van der Waals surface area contributed by atoms with E-state index in [1.807, 2.05) is 36.4 Å². The van der Waals surface area contributed by atoms with E-state index in [1.54, 1.807) is 0 Å². The zero-order chi connectivity index (χ0) is 13.8. The molecular formula is C14H12Br2ClNO. The highest BCUT2D eigenvalue weighted by Crippen LogP contribution is 2.28. The maximum atomic E-state index is 6.14. The molecule has 19 heavy (non-hydrogen) atoms. The maximum Gasteiger partial charge on any atom is 0.134 e. The van der Waals surface area contributed by atoms with Crippen molar-refractivity contribution in [3.8, 4) is 5.75 Å². The van der Waals surface area contributed by atoms with Gasteiger partial charge in [-0.05, 0) is 45.8 Å². The molecule has 2 aromatic carbocycles. The fourth-order valence-electron chi connectivity index (χ4n) is 1.58. The fraction of sp³-hybridized carbons (Fsp3) is 0.143. The van der Waals surface area contributed by atoms with Gasteiger partial charge < -0.3 is 10.5 Å². The molecule has 0 atom stereocenters. The Morgan fingerprint density at radius 2 is 1.89 bits per heavy atom. The van der Waals surface area contributed by atoms with Crippen molar-refractivity contribution in [2.75, 3.05) is 0 Å². The molecule has 0 heterocycles. The lowest BCUT2D eigenvalue weighted by atomic mass is 10.2. The van der Waals surface area contributed by atoms with Gasteiger partial charge in [0.05, 0.1) is 4.47 Å². The van der Waals surface area contributed by atoms with Gasteiger partial charge in [-0.1, -0.05) is 39.7 Å². The molecule has 0 radical (unpaired) electrons. The van der Waals surface area contributed by atoms with E-state index in [-0.39, 0.29) is 0 Å². The smallest absolute Gasteiger partial charge is 0.134 e. The second kappa shape index (κ2) is 6.75. The summed E-state index contributed by atoms with van der Waals surface area (Å²) >= 11 is 13.0. The van der Waals surface area contributed by atoms with Crippen molar-refractivity contribution in [2.45, 2.75) is 13.2 Å². The van der Waals surface area contributed by atoms with Crippen LogP contribution in [0.15, 0.2) is 45.3 Å². The molecule has 2 nitrogen and oxygen atoms in total. The molecule has 0 saturated heterocycles. The van der Waals surface area contributed by atoms with Crippen LogP contribution >= 0.6 is 43.5 Å². The zero-order valence-corrected chi connectivity index (χ0v) is 13.9. The van der Waals surface area contributed by atoms with Crippen LogP contribution in [0.3, 0.4) is 0 Å². The van der Waals surface area contributed by atoms with Crippen LogP contribution in [0, 0.1) is 0 Å². The van der Waals surface area contributed by atoms with Gasteiger partial charge in [0.2, 0.25) is 0 Å². The summed E-state index contributed by atoms with van der Waals surface area (Å²) in [4.78, 5) is 0. The molecule has 0 aliphatic carbocycles. The number of hydrogen-bond donors (Lipinski definition) is 1. The third-order valence-corrected chi connectivity index (χ3v) is 4.10. The molecule has 5 heteroatoms. The molecule has 0 saturated carbocycles. The van der Waals surface area contributed by atoms with E-state index in [0.717, 1.165) is 25.8 Å². The lowest BCUT2D eigenvalue weighted by Gasteiger charge is -2.10. The highest BCUT2D eigenvalue weighted by atomic mass is 79.9. The number of benzene rings is 2. The highest BCUT2D eigenvalue weighted by molar-refractivity contribution is 9.10. The summed E-state index contributed by atoms with van der Waals surface area (Å²) in [6.45, 7) is 0.935. The molecule has 0 aliphatic rings. The standard InChI is InChI=1S/C14H12Br2ClNO/c15-11-3-2-10(13(17)6-11)8-19-14-4-1-9(7-18)5-12(14)16/h1-6H,7-8,18H2. The minimum Gasteiger partial charge on any atom is -0.488 e. The molecule has 100 valence electrons. The van der Waals surface area contributed by atoms with Crippen LogP contribution in [0.5, 0.6) is 5.75 Å². The Labute approximate surface area is 134 Å². The summed E-state index contributed by atoms with van der Waals surface area (Å²) in [5.74, 6) is 0.774. The quantitative estimate of drug-likeness (QED) is 0.785. The lowest BCUT2D eigenvalue weighted by Crippen LogP contribution is -1.99. The summed E-state index contributed by atoms with van der Waals surface area (Å²) in [5.41, 5.74) is 7.58. The van der Waals surface area contributed by atoms with Gasteiger partial charge in [0, 0.05) is 21.6 Å². The fourth-order valence-corrected chi connectivity index (χ4v) is 2.85. The Bertz CT molecular complexity index is 590. The largest absolute Gasteiger partial charge is 0.488 e. The molecule has 0 aliphatic heterocycles. The van der Waals surface area contributed by atoms with Gasteiger partial charge in [0.25, 0.3) is 0 Å². The van der Waals surface area contributed by atoms with Crippen molar-refractivity contribution in [1.29, 1.82) is 0 Å². The Kier molecular flexibility index (Phi) is 5.28. The first-order chi connectivity index (χ1) is 9.10. The van der Waals surface area contributed by atoms with E-state index in [4.69, 9.17) is 22.1 Å². The summed E-state index contributed by atoms with van der Waals surface area (Å²) in [6, 6.07) is 11.5. The van der Waals surface area contributed by atoms with Crippen LogP contribution < -0.4 is 10.5 Å². The van der Waals surface area contributed by atoms with Crippen molar-refractivity contribution in [2.24, 2.45) is 5.73 Å². The Hall–Kier alpha value is -0.550. The number of hydrogen-bond acceptors (Lipinski definition) is 2. The van der Waals surface area contributed by atoms with E-state index >= 15 is 0 Å². The summed E-state index contributed by atoms with van der Waals surface area (Å²) < 4.78 is 7.60. The molecule has 0 spiro atoms. The second-order valence-electron chi connectivity index (χ2n) is 3.99. The van der Waals surface area contributed by atoms with E-state index in [9.17, 15) is 0 Å². The molecule has 2 N–H and O–H groups in total. The number of ether oxygens (including phenoxy) is 1. The number of nitrogens with two attached hydrogens (primary N) is 1. The van der Waals surface area contributed by atoms with Gasteiger partial charge >= 0.3 is 0 Å². The maximum absolute atomic E-state index is 6.14. The van der Waals surface area contributed by atoms with Gasteiger partial charge in [0.1, 0.15) is 12.4 Å². The monoisotopic (exact) mass is 403 g/mol. The average Bonchev–Trinajstić information content (AvgIpc) is 2.39. The molecule has 2 rings (SSSR count). The lowest BCUT2D eigenvalue weighted by molar-refractivity contribution is 0.304. The molecule has 0 fully saturated rings. The average molecular weight is 406 g/mol. The van der Waals surface area contributed by atoms with Gasteiger partial charge in [-0.3, -0.25) is 0 Å². The van der Waals surface area contributed by atoms with E-state index in [2.05, 4.69) is 31.9 Å². The second-order valence-corrected chi connectivity index (χ2v) is 6.17. The third-order valence-electron chi connectivity index (χ3n) is 2.63. The van der Waals surface area contributed by atoms with Crippen LogP contribution in [0.4, 0.5) is 0 Å². The van der Waals surface area contributed by atoms with Crippen molar-refractivity contribution in [3.63, 3.8) is 0 Å². The first kappa shape index (κ1) is 14.9. The summed E-state index contributed by atoms with van der Waals surface area (Å²) in [7, 11) is 0. The molecule has 0 aromatic heterocycles. The SMILES string of the molecule is NCc1ccc(OCc2ccc(Br)cc2Cl)c(Br)c1. The van der Waals surface area contributed by atoms with Crippen molar-refractivity contribution >= 4 is 43.5 Å². The van der Waals surface area contributed by atoms with E-state index < -0.39 is 0 Å². The molecule has 0 amide bonds. The first-order valence-corrected chi connectivity index (χ1v) is 7.62. The molecule has 2 aromatic rings. The van der Waals surface area contributed by atoms with Gasteiger partial charge in [-0.2, -0.15) is 0 Å². The van der Waals surface area contributed by atoms with Crippen molar-refractivity contribution in [3.05, 3.63) is 61.5 Å². The molecular weight excluding hydrogens is 393 g/mol. The van der Waals surface area contributed by atoms with E-state index in [0.29, 0.717) is 18.2 Å². The van der Waals surface area contributed by atoms with Crippen LogP contribution in [0.2, 0.25) is 5.02 Å².